The second-order valence-corrected chi connectivity index (χ2v) is 4.71. The molecule has 2 amide bonds. The second-order valence-electron chi connectivity index (χ2n) is 4.71. The summed E-state index contributed by atoms with van der Waals surface area (Å²) >= 11 is 0. The monoisotopic (exact) mass is 300 g/mol. The third kappa shape index (κ3) is 4.08. The molecule has 8 heteroatoms. The van der Waals surface area contributed by atoms with Crippen molar-refractivity contribution in [1.29, 1.82) is 0 Å². The zero-order chi connectivity index (χ0) is 16.1. The number of hydrogen-bond acceptors (Lipinski definition) is 2. The van der Waals surface area contributed by atoms with Crippen LogP contribution >= 0.6 is 0 Å². The van der Waals surface area contributed by atoms with Crippen molar-refractivity contribution in [2.75, 3.05) is 0 Å². The molecule has 0 aromatic heterocycles. The maximum atomic E-state index is 13.5. The quantitative estimate of drug-likeness (QED) is 0.707. The van der Waals surface area contributed by atoms with Crippen LogP contribution in [-0.2, 0) is 9.59 Å². The molecule has 118 valence electrons. The summed E-state index contributed by atoms with van der Waals surface area (Å²) in [6, 6.07) is -1.39. The molecule has 2 atom stereocenters. The minimum absolute atomic E-state index is 0.298. The molecule has 0 saturated carbocycles. The van der Waals surface area contributed by atoms with E-state index in [1.807, 2.05) is 0 Å². The number of carbonyl (C=O) groups excluding carboxylic acids is 2. The Labute approximate surface area is 115 Å². The van der Waals surface area contributed by atoms with Crippen LogP contribution < -0.4 is 10.6 Å². The molecule has 0 rings (SSSR count). The zero-order valence-corrected chi connectivity index (χ0v) is 11.9. The summed E-state index contributed by atoms with van der Waals surface area (Å²) in [5.74, 6) is -14.5. The third-order valence-corrected chi connectivity index (χ3v) is 2.94. The standard InChI is InChI=1S/C12H20F4N2O2/c1-5-7(3)17-9(19)11(13,14)12(15,16)10(20)18-8(4)6-2/h7-8H,5-6H2,1-4H3,(H,17,19)(H,18,20)/t7-,8+. The lowest BCUT2D eigenvalue weighted by Gasteiger charge is -2.26. The molecular formula is C12H20F4N2O2. The van der Waals surface area contributed by atoms with Crippen LogP contribution in [0.5, 0.6) is 0 Å². The van der Waals surface area contributed by atoms with Crippen LogP contribution in [0, 0.1) is 0 Å². The first-order valence-electron chi connectivity index (χ1n) is 6.38. The van der Waals surface area contributed by atoms with Crippen molar-refractivity contribution in [3.8, 4) is 0 Å². The largest absolute Gasteiger partial charge is 0.395 e. The number of carbonyl (C=O) groups is 2. The van der Waals surface area contributed by atoms with Gasteiger partial charge in [0.15, 0.2) is 0 Å². The zero-order valence-electron chi connectivity index (χ0n) is 11.9. The Hall–Kier alpha value is -1.34. The topological polar surface area (TPSA) is 58.2 Å². The molecule has 20 heavy (non-hydrogen) atoms. The summed E-state index contributed by atoms with van der Waals surface area (Å²) in [5, 5.41) is 3.50. The van der Waals surface area contributed by atoms with E-state index in [0.29, 0.717) is 12.8 Å². The average molecular weight is 300 g/mol. The fourth-order valence-electron chi connectivity index (χ4n) is 1.12. The molecule has 0 aromatic carbocycles. The first kappa shape index (κ1) is 18.7. The lowest BCUT2D eigenvalue weighted by molar-refractivity contribution is -0.211. The van der Waals surface area contributed by atoms with Gasteiger partial charge in [0.1, 0.15) is 0 Å². The summed E-state index contributed by atoms with van der Waals surface area (Å²) in [6.45, 7) is 5.98. The van der Waals surface area contributed by atoms with Crippen LogP contribution in [0.25, 0.3) is 0 Å². The van der Waals surface area contributed by atoms with E-state index >= 15 is 0 Å². The van der Waals surface area contributed by atoms with E-state index in [0.717, 1.165) is 0 Å². The van der Waals surface area contributed by atoms with Gasteiger partial charge in [0.2, 0.25) is 0 Å². The molecular weight excluding hydrogens is 280 g/mol. The summed E-state index contributed by atoms with van der Waals surface area (Å²) in [4.78, 5) is 22.4. The maximum Gasteiger partial charge on any atom is 0.395 e. The summed E-state index contributed by atoms with van der Waals surface area (Å²) < 4.78 is 53.9. The smallest absolute Gasteiger partial charge is 0.348 e. The molecule has 0 unspecified atom stereocenters. The van der Waals surface area contributed by atoms with Crippen molar-refractivity contribution in [2.24, 2.45) is 0 Å². The third-order valence-electron chi connectivity index (χ3n) is 2.94. The molecule has 0 fully saturated rings. The van der Waals surface area contributed by atoms with Crippen molar-refractivity contribution in [2.45, 2.75) is 64.5 Å². The van der Waals surface area contributed by atoms with Gasteiger partial charge in [-0.15, -0.1) is 0 Å². The number of hydrogen-bond donors (Lipinski definition) is 2. The van der Waals surface area contributed by atoms with Gasteiger partial charge in [0.05, 0.1) is 0 Å². The molecule has 0 aromatic rings. The van der Waals surface area contributed by atoms with Crippen LogP contribution in [0.3, 0.4) is 0 Å². The van der Waals surface area contributed by atoms with Gasteiger partial charge in [-0.3, -0.25) is 9.59 Å². The van der Waals surface area contributed by atoms with Crippen LogP contribution in [0.15, 0.2) is 0 Å². The van der Waals surface area contributed by atoms with Gasteiger partial charge in [-0.1, -0.05) is 13.8 Å². The molecule has 2 N–H and O–H groups in total. The first-order chi connectivity index (χ1) is 9.00. The van der Waals surface area contributed by atoms with Crippen molar-refractivity contribution in [1.82, 2.24) is 10.6 Å². The van der Waals surface area contributed by atoms with Crippen molar-refractivity contribution >= 4 is 11.8 Å². The molecule has 0 spiro atoms. The fourth-order valence-corrected chi connectivity index (χ4v) is 1.12. The van der Waals surface area contributed by atoms with Gasteiger partial charge in [0, 0.05) is 12.1 Å². The Balaban J connectivity index is 5.04. The highest BCUT2D eigenvalue weighted by atomic mass is 19.3. The number of rotatable bonds is 7. The van der Waals surface area contributed by atoms with Gasteiger partial charge in [-0.05, 0) is 26.7 Å². The molecule has 0 aliphatic heterocycles. The predicted octanol–water partition coefficient (Wildman–Crippen LogP) is 2.09. The van der Waals surface area contributed by atoms with Gasteiger partial charge in [-0.2, -0.15) is 17.6 Å². The minimum Gasteiger partial charge on any atom is -0.348 e. The van der Waals surface area contributed by atoms with Crippen molar-refractivity contribution in [3.63, 3.8) is 0 Å². The molecule has 0 aliphatic carbocycles. The van der Waals surface area contributed by atoms with Gasteiger partial charge >= 0.3 is 11.8 Å². The van der Waals surface area contributed by atoms with Crippen molar-refractivity contribution < 1.29 is 27.2 Å². The van der Waals surface area contributed by atoms with E-state index in [1.54, 1.807) is 24.5 Å². The Kier molecular flexibility index (Phi) is 6.43. The molecule has 4 nitrogen and oxygen atoms in total. The van der Waals surface area contributed by atoms with Crippen molar-refractivity contribution in [3.05, 3.63) is 0 Å². The molecule has 0 heterocycles. The molecule has 0 bridgehead atoms. The molecule has 0 aliphatic rings. The first-order valence-corrected chi connectivity index (χ1v) is 6.38. The van der Waals surface area contributed by atoms with E-state index in [9.17, 15) is 27.2 Å². The van der Waals surface area contributed by atoms with Gasteiger partial charge in [0.25, 0.3) is 11.8 Å². The Morgan fingerprint density at radius 1 is 0.850 bits per heavy atom. The number of nitrogens with one attached hydrogen (secondary N) is 2. The van der Waals surface area contributed by atoms with Gasteiger partial charge in [-0.25, -0.2) is 0 Å². The summed E-state index contributed by atoms with van der Waals surface area (Å²) in [5.41, 5.74) is 0. The van der Waals surface area contributed by atoms with E-state index < -0.39 is 35.7 Å². The number of amides is 2. The van der Waals surface area contributed by atoms with Crippen LogP contribution in [0.1, 0.15) is 40.5 Å². The number of halogens is 4. The van der Waals surface area contributed by atoms with Gasteiger partial charge < -0.3 is 10.6 Å². The maximum absolute atomic E-state index is 13.5. The second kappa shape index (κ2) is 6.90. The lowest BCUT2D eigenvalue weighted by Crippen LogP contribution is -2.61. The summed E-state index contributed by atoms with van der Waals surface area (Å²) in [6.07, 6.45) is 0.596. The normalized spacial score (nSPS) is 15.4. The minimum atomic E-state index is -5.10. The summed E-state index contributed by atoms with van der Waals surface area (Å²) in [7, 11) is 0. The molecule has 0 saturated heterocycles. The van der Waals surface area contributed by atoms with E-state index in [-0.39, 0.29) is 0 Å². The number of alkyl halides is 4. The highest BCUT2D eigenvalue weighted by Crippen LogP contribution is 2.35. The SMILES string of the molecule is CC[C@@H](C)NC(=O)C(F)(F)C(F)(F)C(=O)N[C@@H](C)CC. The highest BCUT2D eigenvalue weighted by molar-refractivity contribution is 5.95. The average Bonchev–Trinajstić information content (AvgIpc) is 2.37. The highest BCUT2D eigenvalue weighted by Gasteiger charge is 2.67. The predicted molar refractivity (Wildman–Crippen MR) is 65.7 cm³/mol. The van der Waals surface area contributed by atoms with Crippen LogP contribution in [0.4, 0.5) is 17.6 Å². The van der Waals surface area contributed by atoms with E-state index in [2.05, 4.69) is 0 Å². The lowest BCUT2D eigenvalue weighted by atomic mass is 10.1. The van der Waals surface area contributed by atoms with Crippen LogP contribution in [0.2, 0.25) is 0 Å². The Morgan fingerprint density at radius 3 is 1.30 bits per heavy atom. The molecule has 0 radical (unpaired) electrons. The van der Waals surface area contributed by atoms with E-state index in [4.69, 9.17) is 0 Å². The van der Waals surface area contributed by atoms with Crippen LogP contribution in [-0.4, -0.2) is 35.7 Å². The van der Waals surface area contributed by atoms with E-state index in [1.165, 1.54) is 13.8 Å². The Bertz CT molecular complexity index is 327. The Morgan fingerprint density at radius 2 is 1.10 bits per heavy atom. The fraction of sp³-hybridized carbons (Fsp3) is 0.833.